The van der Waals surface area contributed by atoms with E-state index in [9.17, 15) is 4.79 Å². The van der Waals surface area contributed by atoms with Crippen molar-refractivity contribution in [1.29, 1.82) is 0 Å². The number of nitrogens with one attached hydrogen (secondary N) is 1. The molecular weight excluding hydrogens is 254 g/mol. The first-order chi connectivity index (χ1) is 9.61. The first-order valence-electron chi connectivity index (χ1n) is 6.66. The van der Waals surface area contributed by atoms with Crippen LogP contribution in [-0.4, -0.2) is 28.0 Å². The molecular formula is C14H17N5O. The summed E-state index contributed by atoms with van der Waals surface area (Å²) in [5.74, 6) is 0.429. The van der Waals surface area contributed by atoms with Crippen molar-refractivity contribution < 1.29 is 0 Å². The molecule has 0 spiro atoms. The molecule has 1 aliphatic heterocycles. The average Bonchev–Trinajstić information content (AvgIpc) is 2.87. The van der Waals surface area contributed by atoms with Crippen LogP contribution in [0.25, 0.3) is 0 Å². The monoisotopic (exact) mass is 271 g/mol. The summed E-state index contributed by atoms with van der Waals surface area (Å²) in [6.45, 7) is 3.78. The number of aromatic amines is 1. The Morgan fingerprint density at radius 2 is 2.30 bits per heavy atom. The fourth-order valence-corrected chi connectivity index (χ4v) is 2.67. The van der Waals surface area contributed by atoms with Gasteiger partial charge in [0.25, 0.3) is 5.56 Å². The maximum absolute atomic E-state index is 11.5. The van der Waals surface area contributed by atoms with Crippen molar-refractivity contribution in [2.45, 2.75) is 19.3 Å². The minimum Gasteiger partial charge on any atom is -0.371 e. The second-order valence-corrected chi connectivity index (χ2v) is 5.14. The van der Waals surface area contributed by atoms with Gasteiger partial charge in [-0.2, -0.15) is 0 Å². The summed E-state index contributed by atoms with van der Waals surface area (Å²) in [4.78, 5) is 24.7. The summed E-state index contributed by atoms with van der Waals surface area (Å²) in [5.41, 5.74) is 8.36. The quantitative estimate of drug-likeness (QED) is 0.852. The van der Waals surface area contributed by atoms with Gasteiger partial charge in [0.1, 0.15) is 0 Å². The SMILES string of the molecule is Cc1cc(N2CCC(c3cc(=O)[nH]c(N)n3)C2)ccn1. The van der Waals surface area contributed by atoms with Crippen molar-refractivity contribution in [3.63, 3.8) is 0 Å². The van der Waals surface area contributed by atoms with Crippen LogP contribution in [0.5, 0.6) is 0 Å². The smallest absolute Gasteiger partial charge is 0.252 e. The zero-order valence-corrected chi connectivity index (χ0v) is 11.3. The molecule has 2 aromatic heterocycles. The van der Waals surface area contributed by atoms with Gasteiger partial charge in [0.05, 0.1) is 5.69 Å². The predicted molar refractivity (Wildman–Crippen MR) is 77.8 cm³/mol. The number of pyridine rings is 1. The van der Waals surface area contributed by atoms with E-state index in [2.05, 4.69) is 25.9 Å². The van der Waals surface area contributed by atoms with Crippen LogP contribution >= 0.6 is 0 Å². The van der Waals surface area contributed by atoms with E-state index >= 15 is 0 Å². The Morgan fingerprint density at radius 1 is 1.45 bits per heavy atom. The first kappa shape index (κ1) is 12.7. The van der Waals surface area contributed by atoms with Crippen LogP contribution in [0.1, 0.15) is 23.7 Å². The van der Waals surface area contributed by atoms with E-state index in [1.54, 1.807) is 6.07 Å². The fraction of sp³-hybridized carbons (Fsp3) is 0.357. The van der Waals surface area contributed by atoms with Crippen LogP contribution in [0.15, 0.2) is 29.2 Å². The van der Waals surface area contributed by atoms with E-state index in [1.165, 1.54) is 0 Å². The van der Waals surface area contributed by atoms with E-state index in [0.717, 1.165) is 36.6 Å². The molecule has 104 valence electrons. The lowest BCUT2D eigenvalue weighted by molar-refractivity contribution is 0.739. The number of nitrogen functional groups attached to an aromatic ring is 1. The van der Waals surface area contributed by atoms with Crippen molar-refractivity contribution in [3.05, 3.63) is 46.1 Å². The van der Waals surface area contributed by atoms with Crippen LogP contribution in [0.2, 0.25) is 0 Å². The number of aryl methyl sites for hydroxylation is 1. The first-order valence-corrected chi connectivity index (χ1v) is 6.66. The summed E-state index contributed by atoms with van der Waals surface area (Å²) in [6, 6.07) is 5.62. The third-order valence-corrected chi connectivity index (χ3v) is 3.63. The predicted octanol–water partition coefficient (Wildman–Crippen LogP) is 1.05. The Kier molecular flexibility index (Phi) is 3.14. The standard InChI is InChI=1S/C14H17N5O/c1-9-6-11(2-4-16-9)19-5-3-10(8-19)12-7-13(20)18-14(15)17-12/h2,4,6-7,10H,3,5,8H2,1H3,(H3,15,17,18,20). The van der Waals surface area contributed by atoms with Gasteiger partial charge in [-0.15, -0.1) is 0 Å². The van der Waals surface area contributed by atoms with E-state index < -0.39 is 0 Å². The summed E-state index contributed by atoms with van der Waals surface area (Å²) in [6.07, 6.45) is 2.79. The number of nitrogens with zero attached hydrogens (tertiary/aromatic N) is 3. The second-order valence-electron chi connectivity index (χ2n) is 5.14. The van der Waals surface area contributed by atoms with Crippen LogP contribution < -0.4 is 16.2 Å². The van der Waals surface area contributed by atoms with Gasteiger partial charge in [-0.1, -0.05) is 0 Å². The molecule has 1 saturated heterocycles. The van der Waals surface area contributed by atoms with Gasteiger partial charge in [-0.25, -0.2) is 4.98 Å². The van der Waals surface area contributed by atoms with Crippen LogP contribution in [-0.2, 0) is 0 Å². The molecule has 0 aliphatic carbocycles. The summed E-state index contributed by atoms with van der Waals surface area (Å²) >= 11 is 0. The highest BCUT2D eigenvalue weighted by atomic mass is 16.1. The lowest BCUT2D eigenvalue weighted by atomic mass is 10.1. The Labute approximate surface area is 116 Å². The van der Waals surface area contributed by atoms with Gasteiger partial charge in [0.2, 0.25) is 5.95 Å². The minimum atomic E-state index is -0.189. The van der Waals surface area contributed by atoms with Gasteiger partial charge in [-0.3, -0.25) is 14.8 Å². The van der Waals surface area contributed by atoms with Crippen LogP contribution in [0.3, 0.4) is 0 Å². The van der Waals surface area contributed by atoms with Gasteiger partial charge < -0.3 is 10.6 Å². The fourth-order valence-electron chi connectivity index (χ4n) is 2.67. The molecule has 3 rings (SSSR count). The molecule has 1 unspecified atom stereocenters. The Hall–Kier alpha value is -2.37. The third kappa shape index (κ3) is 2.49. The van der Waals surface area contributed by atoms with E-state index in [1.807, 2.05) is 19.2 Å². The molecule has 0 amide bonds. The molecule has 1 fully saturated rings. The highest BCUT2D eigenvalue weighted by molar-refractivity contribution is 5.48. The normalized spacial score (nSPS) is 18.4. The zero-order chi connectivity index (χ0) is 14.1. The van der Waals surface area contributed by atoms with E-state index in [4.69, 9.17) is 5.73 Å². The lowest BCUT2D eigenvalue weighted by Gasteiger charge is -2.18. The van der Waals surface area contributed by atoms with Gasteiger partial charge >= 0.3 is 0 Å². The minimum absolute atomic E-state index is 0.186. The molecule has 3 N–H and O–H groups in total. The van der Waals surface area contributed by atoms with Crippen molar-refractivity contribution in [2.75, 3.05) is 23.7 Å². The number of hydrogen-bond donors (Lipinski definition) is 2. The second kappa shape index (κ2) is 4.96. The molecule has 0 radical (unpaired) electrons. The molecule has 3 heterocycles. The molecule has 6 nitrogen and oxygen atoms in total. The van der Waals surface area contributed by atoms with E-state index in [-0.39, 0.29) is 17.4 Å². The van der Waals surface area contributed by atoms with Gasteiger partial charge in [0.15, 0.2) is 0 Å². The number of nitrogens with two attached hydrogens (primary N) is 1. The number of aromatic nitrogens is 3. The number of hydrogen-bond acceptors (Lipinski definition) is 5. The molecule has 6 heteroatoms. The van der Waals surface area contributed by atoms with Crippen molar-refractivity contribution in [3.8, 4) is 0 Å². The lowest BCUT2D eigenvalue weighted by Crippen LogP contribution is -2.20. The maximum atomic E-state index is 11.5. The zero-order valence-electron chi connectivity index (χ0n) is 11.3. The van der Waals surface area contributed by atoms with Gasteiger partial charge in [0, 0.05) is 42.7 Å². The molecule has 0 saturated carbocycles. The summed E-state index contributed by atoms with van der Waals surface area (Å²) < 4.78 is 0. The van der Waals surface area contributed by atoms with Gasteiger partial charge in [-0.05, 0) is 25.5 Å². The van der Waals surface area contributed by atoms with Crippen molar-refractivity contribution >= 4 is 11.6 Å². The Balaban J connectivity index is 1.81. The Bertz CT molecular complexity index is 681. The van der Waals surface area contributed by atoms with Crippen molar-refractivity contribution in [1.82, 2.24) is 15.0 Å². The highest BCUT2D eigenvalue weighted by Gasteiger charge is 2.25. The number of H-pyrrole nitrogens is 1. The van der Waals surface area contributed by atoms with Crippen LogP contribution in [0, 0.1) is 6.92 Å². The topological polar surface area (TPSA) is 87.9 Å². The summed E-state index contributed by atoms with van der Waals surface area (Å²) in [5, 5.41) is 0. The molecule has 20 heavy (non-hydrogen) atoms. The molecule has 0 aromatic carbocycles. The third-order valence-electron chi connectivity index (χ3n) is 3.63. The number of anilines is 2. The molecule has 0 bridgehead atoms. The average molecular weight is 271 g/mol. The maximum Gasteiger partial charge on any atom is 0.252 e. The van der Waals surface area contributed by atoms with Crippen LogP contribution in [0.4, 0.5) is 11.6 Å². The molecule has 1 aliphatic rings. The molecule has 2 aromatic rings. The number of rotatable bonds is 2. The Morgan fingerprint density at radius 3 is 3.05 bits per heavy atom. The van der Waals surface area contributed by atoms with E-state index in [0.29, 0.717) is 0 Å². The molecule has 1 atom stereocenters. The highest BCUT2D eigenvalue weighted by Crippen LogP contribution is 2.29. The largest absolute Gasteiger partial charge is 0.371 e. The van der Waals surface area contributed by atoms with Crippen molar-refractivity contribution in [2.24, 2.45) is 0 Å². The summed E-state index contributed by atoms with van der Waals surface area (Å²) in [7, 11) is 0.